The third kappa shape index (κ3) is 4.37. The molecule has 28 heavy (non-hydrogen) atoms. The number of amidine groups is 1. The largest absolute Gasteiger partial charge is 0.388 e. The lowest BCUT2D eigenvalue weighted by Gasteiger charge is -2.17. The Balaban J connectivity index is 1.69. The zero-order chi connectivity index (χ0) is 20.1. The van der Waals surface area contributed by atoms with E-state index in [-0.39, 0.29) is 25.5 Å². The molecule has 9 N–H and O–H groups in total. The minimum absolute atomic E-state index is 0.120. The van der Waals surface area contributed by atoms with Crippen LogP contribution in [0.2, 0.25) is 0 Å². The first-order valence-corrected chi connectivity index (χ1v) is 8.91. The molecule has 0 unspecified atom stereocenters. The van der Waals surface area contributed by atoms with Crippen molar-refractivity contribution in [2.24, 2.45) is 16.5 Å². The maximum absolute atomic E-state index is 10.4. The van der Waals surface area contributed by atoms with Gasteiger partial charge in [-0.1, -0.05) is 30.3 Å². The van der Waals surface area contributed by atoms with Crippen LogP contribution >= 0.6 is 0 Å². The van der Waals surface area contributed by atoms with Gasteiger partial charge < -0.3 is 37.5 Å². The molecule has 1 aliphatic rings. The van der Waals surface area contributed by atoms with Crippen molar-refractivity contribution in [2.45, 2.75) is 30.8 Å². The van der Waals surface area contributed by atoms with Gasteiger partial charge in [0.25, 0.3) is 0 Å². The highest BCUT2D eigenvalue weighted by Crippen LogP contribution is 2.27. The Morgan fingerprint density at radius 3 is 2.57 bits per heavy atom. The van der Waals surface area contributed by atoms with Crippen LogP contribution in [0.3, 0.4) is 0 Å². The molecule has 10 nitrogen and oxygen atoms in total. The second-order valence-electron chi connectivity index (χ2n) is 6.45. The number of nitrogens with two attached hydrogens (primary N) is 3. The highest BCUT2D eigenvalue weighted by atomic mass is 16.5. The number of aliphatic imine (C=N–C) groups is 1. The molecule has 2 heterocycles. The molecular formula is C18H25N7O3. The molecule has 0 radical (unpaired) electrons. The number of anilines is 2. The topological polar surface area (TPSA) is 178 Å². The van der Waals surface area contributed by atoms with E-state index in [1.807, 2.05) is 30.3 Å². The van der Waals surface area contributed by atoms with Gasteiger partial charge in [-0.25, -0.2) is 9.97 Å². The zero-order valence-electron chi connectivity index (χ0n) is 15.3. The van der Waals surface area contributed by atoms with E-state index >= 15 is 0 Å². The standard InChI is InChI=1S/C18H25N7O3/c19-8-23-14-11(24-9-25-18(14)21)6-12-15(26)16(27)13(28-12)7-22-17(20)10-4-2-1-3-5-10/h1-5,9,12-13,15-16,23,26-27H,6-8,19H2,(H2,20,22)(H2,21,24,25)/t12-,13+,15-,16+/m0/s1. The molecule has 3 rings (SSSR count). The first kappa shape index (κ1) is 20.0. The van der Waals surface area contributed by atoms with Gasteiger partial charge in [0.1, 0.15) is 30.5 Å². The minimum atomic E-state index is -1.10. The number of nitrogens with one attached hydrogen (secondary N) is 1. The molecular weight excluding hydrogens is 362 g/mol. The number of aliphatic hydroxyl groups excluding tert-OH is 2. The van der Waals surface area contributed by atoms with Gasteiger partial charge >= 0.3 is 0 Å². The molecule has 4 atom stereocenters. The fourth-order valence-electron chi connectivity index (χ4n) is 3.11. The fraction of sp³-hybridized carbons (Fsp3) is 0.389. The van der Waals surface area contributed by atoms with Crippen molar-refractivity contribution in [1.29, 1.82) is 0 Å². The van der Waals surface area contributed by atoms with Crippen molar-refractivity contribution in [2.75, 3.05) is 24.3 Å². The lowest BCUT2D eigenvalue weighted by Crippen LogP contribution is -2.34. The van der Waals surface area contributed by atoms with Gasteiger partial charge in [-0.05, 0) is 0 Å². The Morgan fingerprint density at radius 2 is 1.86 bits per heavy atom. The van der Waals surface area contributed by atoms with E-state index in [1.54, 1.807) is 0 Å². The predicted molar refractivity (Wildman–Crippen MR) is 106 cm³/mol. The number of hydrogen-bond acceptors (Lipinski definition) is 9. The Morgan fingerprint density at radius 1 is 1.14 bits per heavy atom. The highest BCUT2D eigenvalue weighted by Gasteiger charge is 2.42. The van der Waals surface area contributed by atoms with Crippen molar-refractivity contribution in [3.63, 3.8) is 0 Å². The quantitative estimate of drug-likeness (QED) is 0.194. The average molecular weight is 387 g/mol. The van der Waals surface area contributed by atoms with Crippen molar-refractivity contribution >= 4 is 17.3 Å². The Labute approximate surface area is 162 Å². The van der Waals surface area contributed by atoms with Gasteiger partial charge in [0.2, 0.25) is 0 Å². The van der Waals surface area contributed by atoms with Crippen molar-refractivity contribution in [3.05, 3.63) is 47.9 Å². The lowest BCUT2D eigenvalue weighted by molar-refractivity contribution is 0.0130. The number of nitrogens with zero attached hydrogens (tertiary/aromatic N) is 3. The van der Waals surface area contributed by atoms with Crippen molar-refractivity contribution in [3.8, 4) is 0 Å². The third-order valence-electron chi connectivity index (χ3n) is 4.60. The molecule has 1 fully saturated rings. The summed E-state index contributed by atoms with van der Waals surface area (Å²) in [6, 6.07) is 9.29. The first-order valence-electron chi connectivity index (χ1n) is 8.91. The van der Waals surface area contributed by atoms with Crippen LogP contribution in [-0.2, 0) is 11.2 Å². The molecule has 0 spiro atoms. The normalized spacial score (nSPS) is 25.0. The van der Waals surface area contributed by atoms with E-state index in [0.29, 0.717) is 17.2 Å². The summed E-state index contributed by atoms with van der Waals surface area (Å²) in [5.41, 5.74) is 19.2. The lowest BCUT2D eigenvalue weighted by atomic mass is 10.0. The molecule has 1 aliphatic heterocycles. The molecule has 0 saturated carbocycles. The van der Waals surface area contributed by atoms with E-state index in [1.165, 1.54) is 6.33 Å². The molecule has 0 bridgehead atoms. The van der Waals surface area contributed by atoms with Crippen LogP contribution in [0.1, 0.15) is 11.3 Å². The monoisotopic (exact) mass is 387 g/mol. The smallest absolute Gasteiger partial charge is 0.150 e. The van der Waals surface area contributed by atoms with E-state index in [9.17, 15) is 10.2 Å². The van der Waals surface area contributed by atoms with Gasteiger partial charge in [0.15, 0.2) is 5.82 Å². The highest BCUT2D eigenvalue weighted by molar-refractivity contribution is 5.97. The average Bonchev–Trinajstić information content (AvgIpc) is 2.97. The van der Waals surface area contributed by atoms with Crippen LogP contribution < -0.4 is 22.5 Å². The van der Waals surface area contributed by atoms with Crippen molar-refractivity contribution in [1.82, 2.24) is 9.97 Å². The number of aliphatic hydroxyl groups is 2. The Bertz CT molecular complexity index is 818. The summed E-state index contributed by atoms with van der Waals surface area (Å²) in [5.74, 6) is 0.590. The molecule has 0 aliphatic carbocycles. The summed E-state index contributed by atoms with van der Waals surface area (Å²) in [7, 11) is 0. The summed E-state index contributed by atoms with van der Waals surface area (Å²) in [6.45, 7) is 0.270. The van der Waals surface area contributed by atoms with E-state index < -0.39 is 24.4 Å². The molecule has 150 valence electrons. The van der Waals surface area contributed by atoms with Gasteiger partial charge in [-0.2, -0.15) is 0 Å². The number of hydrogen-bond donors (Lipinski definition) is 6. The van der Waals surface area contributed by atoms with E-state index in [0.717, 1.165) is 5.56 Å². The molecule has 1 saturated heterocycles. The fourth-order valence-corrected chi connectivity index (χ4v) is 3.11. The van der Waals surface area contributed by atoms with Gasteiger partial charge in [-0.3, -0.25) is 4.99 Å². The number of ether oxygens (including phenoxy) is 1. The summed E-state index contributed by atoms with van der Waals surface area (Å²) in [6.07, 6.45) is -2.01. The van der Waals surface area contributed by atoms with Gasteiger partial charge in [0, 0.05) is 12.0 Å². The first-order chi connectivity index (χ1) is 13.5. The third-order valence-corrected chi connectivity index (χ3v) is 4.60. The predicted octanol–water partition coefficient (Wildman–Crippen LogP) is -1.18. The second kappa shape index (κ2) is 8.93. The second-order valence-corrected chi connectivity index (χ2v) is 6.45. The molecule has 2 aromatic rings. The minimum Gasteiger partial charge on any atom is -0.388 e. The van der Waals surface area contributed by atoms with Crippen LogP contribution in [-0.4, -0.2) is 63.6 Å². The molecule has 10 heteroatoms. The molecule has 1 aromatic carbocycles. The summed E-state index contributed by atoms with van der Waals surface area (Å²) >= 11 is 0. The van der Waals surface area contributed by atoms with Crippen LogP contribution in [0.5, 0.6) is 0 Å². The molecule has 0 amide bonds. The number of rotatable bonds is 7. The Kier molecular flexibility index (Phi) is 6.37. The molecule has 1 aromatic heterocycles. The summed E-state index contributed by atoms with van der Waals surface area (Å²) in [4.78, 5) is 12.4. The van der Waals surface area contributed by atoms with Crippen LogP contribution in [0.15, 0.2) is 41.7 Å². The van der Waals surface area contributed by atoms with Crippen molar-refractivity contribution < 1.29 is 14.9 Å². The number of aromatic nitrogens is 2. The van der Waals surface area contributed by atoms with Crippen LogP contribution in [0, 0.1) is 0 Å². The Hall–Kier alpha value is -2.79. The van der Waals surface area contributed by atoms with E-state index in [2.05, 4.69) is 20.3 Å². The van der Waals surface area contributed by atoms with Gasteiger partial charge in [-0.15, -0.1) is 0 Å². The van der Waals surface area contributed by atoms with E-state index in [4.69, 9.17) is 21.9 Å². The number of benzene rings is 1. The maximum atomic E-state index is 10.4. The number of nitrogen functional groups attached to an aromatic ring is 1. The maximum Gasteiger partial charge on any atom is 0.150 e. The van der Waals surface area contributed by atoms with Crippen LogP contribution in [0.4, 0.5) is 11.5 Å². The summed E-state index contributed by atoms with van der Waals surface area (Å²) < 4.78 is 5.83. The summed E-state index contributed by atoms with van der Waals surface area (Å²) in [5, 5.41) is 23.6. The van der Waals surface area contributed by atoms with Gasteiger partial charge in [0.05, 0.1) is 30.7 Å². The van der Waals surface area contributed by atoms with Crippen LogP contribution in [0.25, 0.3) is 0 Å². The SMILES string of the molecule is NCNc1c(N)ncnc1C[C@@H]1O[C@H](CN=C(N)c2ccccc2)[C@@H](O)[C@H]1O. The zero-order valence-corrected chi connectivity index (χ0v) is 15.3.